The first-order valence-electron chi connectivity index (χ1n) is 10.1. The van der Waals surface area contributed by atoms with E-state index in [4.69, 9.17) is 9.47 Å². The zero-order valence-corrected chi connectivity index (χ0v) is 17.4. The van der Waals surface area contributed by atoms with Crippen molar-refractivity contribution in [1.82, 2.24) is 14.9 Å². The predicted octanol–water partition coefficient (Wildman–Crippen LogP) is 2.85. The lowest BCUT2D eigenvalue weighted by Crippen LogP contribution is -2.38. The minimum atomic E-state index is -0.0649. The molecule has 2 amide bonds. The van der Waals surface area contributed by atoms with Crippen LogP contribution in [0.4, 0.5) is 16.2 Å². The molecule has 0 radical (unpaired) electrons. The molecule has 8 nitrogen and oxygen atoms in total. The standard InChI is InChI=1S/C21H23N5O3S/c27-21-25(16-1-2-17-20(13-16)30-15-23-17)5-6-26(21)18-14-22-4-3-19(18)29-12-9-24-7-10-28-11-8-24/h1-4,13-15H,5-12H2. The van der Waals surface area contributed by atoms with Crippen molar-refractivity contribution in [2.24, 2.45) is 0 Å². The van der Waals surface area contributed by atoms with Gasteiger partial charge >= 0.3 is 6.03 Å². The van der Waals surface area contributed by atoms with Gasteiger partial charge in [0.15, 0.2) is 0 Å². The number of benzene rings is 1. The smallest absolute Gasteiger partial charge is 0.329 e. The Hall–Kier alpha value is -2.75. The molecule has 30 heavy (non-hydrogen) atoms. The fourth-order valence-corrected chi connectivity index (χ4v) is 4.53. The highest BCUT2D eigenvalue weighted by Gasteiger charge is 2.32. The molecule has 9 heteroatoms. The highest BCUT2D eigenvalue weighted by atomic mass is 32.1. The Kier molecular flexibility index (Phi) is 5.48. The van der Waals surface area contributed by atoms with Crippen molar-refractivity contribution in [3.05, 3.63) is 42.2 Å². The largest absolute Gasteiger partial charge is 0.490 e. The highest BCUT2D eigenvalue weighted by Crippen LogP contribution is 2.33. The fourth-order valence-electron chi connectivity index (χ4n) is 3.82. The Labute approximate surface area is 178 Å². The van der Waals surface area contributed by atoms with Gasteiger partial charge < -0.3 is 9.47 Å². The summed E-state index contributed by atoms with van der Waals surface area (Å²) in [4.78, 5) is 27.6. The first-order valence-corrected chi connectivity index (χ1v) is 11.0. The number of nitrogens with zero attached hydrogens (tertiary/aromatic N) is 5. The van der Waals surface area contributed by atoms with E-state index in [1.807, 2.05) is 29.8 Å². The van der Waals surface area contributed by atoms with Crippen LogP contribution in [0.15, 0.2) is 42.2 Å². The van der Waals surface area contributed by atoms with Crippen LogP contribution in [0, 0.1) is 0 Å². The fraction of sp³-hybridized carbons (Fsp3) is 0.381. The maximum atomic E-state index is 13.2. The summed E-state index contributed by atoms with van der Waals surface area (Å²) in [7, 11) is 0. The second-order valence-corrected chi connectivity index (χ2v) is 8.12. The monoisotopic (exact) mass is 425 g/mol. The summed E-state index contributed by atoms with van der Waals surface area (Å²) in [5, 5.41) is 0. The molecule has 4 heterocycles. The van der Waals surface area contributed by atoms with Crippen LogP contribution in [0.2, 0.25) is 0 Å². The zero-order chi connectivity index (χ0) is 20.3. The Morgan fingerprint density at radius 1 is 1.10 bits per heavy atom. The third-order valence-electron chi connectivity index (χ3n) is 5.46. The van der Waals surface area contributed by atoms with Gasteiger partial charge in [-0.05, 0) is 18.2 Å². The third kappa shape index (κ3) is 3.83. The Bertz CT molecular complexity index is 1040. The number of hydrogen-bond acceptors (Lipinski definition) is 7. The van der Waals surface area contributed by atoms with Gasteiger partial charge in [-0.2, -0.15) is 0 Å². The number of carbonyl (C=O) groups is 1. The van der Waals surface area contributed by atoms with Crippen LogP contribution in [0.1, 0.15) is 0 Å². The van der Waals surface area contributed by atoms with Gasteiger partial charge in [0, 0.05) is 50.7 Å². The van der Waals surface area contributed by atoms with Crippen molar-refractivity contribution in [3.8, 4) is 5.75 Å². The first kappa shape index (κ1) is 19.2. The van der Waals surface area contributed by atoms with E-state index in [1.54, 1.807) is 33.5 Å². The summed E-state index contributed by atoms with van der Waals surface area (Å²) in [5.41, 5.74) is 4.38. The molecule has 0 aliphatic carbocycles. The van der Waals surface area contributed by atoms with Gasteiger partial charge in [-0.25, -0.2) is 9.78 Å². The van der Waals surface area contributed by atoms with Crippen molar-refractivity contribution < 1.29 is 14.3 Å². The molecule has 0 bridgehead atoms. The third-order valence-corrected chi connectivity index (χ3v) is 6.25. The van der Waals surface area contributed by atoms with Gasteiger partial charge in [0.25, 0.3) is 0 Å². The number of morpholine rings is 1. The van der Waals surface area contributed by atoms with Crippen molar-refractivity contribution in [2.75, 3.05) is 62.3 Å². The summed E-state index contributed by atoms with van der Waals surface area (Å²) >= 11 is 1.58. The van der Waals surface area contributed by atoms with Crippen molar-refractivity contribution in [1.29, 1.82) is 0 Å². The quantitative estimate of drug-likeness (QED) is 0.605. The molecule has 2 aliphatic heterocycles. The van der Waals surface area contributed by atoms with Crippen LogP contribution >= 0.6 is 11.3 Å². The average molecular weight is 426 g/mol. The highest BCUT2D eigenvalue weighted by molar-refractivity contribution is 7.16. The van der Waals surface area contributed by atoms with Crippen LogP contribution in [0.25, 0.3) is 10.2 Å². The molecule has 2 saturated heterocycles. The molecule has 0 atom stereocenters. The Balaban J connectivity index is 1.29. The number of anilines is 2. The zero-order valence-electron chi connectivity index (χ0n) is 16.6. The summed E-state index contributed by atoms with van der Waals surface area (Å²) in [6.07, 6.45) is 3.40. The van der Waals surface area contributed by atoms with Crippen LogP contribution in [-0.2, 0) is 4.74 Å². The van der Waals surface area contributed by atoms with Gasteiger partial charge in [-0.15, -0.1) is 11.3 Å². The van der Waals surface area contributed by atoms with Gasteiger partial charge in [0.05, 0.1) is 35.1 Å². The summed E-state index contributed by atoms with van der Waals surface area (Å²) < 4.78 is 12.5. The molecule has 0 N–H and O–H groups in total. The van der Waals surface area contributed by atoms with Crippen LogP contribution < -0.4 is 14.5 Å². The molecule has 0 saturated carbocycles. The molecule has 5 rings (SSSR count). The first-order chi connectivity index (χ1) is 14.8. The molecule has 0 unspecified atom stereocenters. The molecule has 2 aliphatic rings. The molecule has 2 fully saturated rings. The average Bonchev–Trinajstić information content (AvgIpc) is 3.41. The Morgan fingerprint density at radius 2 is 1.97 bits per heavy atom. The summed E-state index contributed by atoms with van der Waals surface area (Å²) in [6, 6.07) is 7.70. The minimum absolute atomic E-state index is 0.0649. The molecule has 0 spiro atoms. The van der Waals surface area contributed by atoms with Crippen molar-refractivity contribution in [3.63, 3.8) is 0 Å². The van der Waals surface area contributed by atoms with E-state index < -0.39 is 0 Å². The lowest BCUT2D eigenvalue weighted by molar-refractivity contribution is 0.0323. The lowest BCUT2D eigenvalue weighted by Gasteiger charge is -2.26. The molecular formula is C21H23N5O3S. The number of rotatable bonds is 6. The topological polar surface area (TPSA) is 71.0 Å². The van der Waals surface area contributed by atoms with E-state index in [2.05, 4.69) is 14.9 Å². The van der Waals surface area contributed by atoms with Gasteiger partial charge in [-0.3, -0.25) is 19.7 Å². The van der Waals surface area contributed by atoms with Crippen molar-refractivity contribution in [2.45, 2.75) is 0 Å². The van der Waals surface area contributed by atoms with E-state index in [0.717, 1.165) is 48.8 Å². The second-order valence-electron chi connectivity index (χ2n) is 7.24. The van der Waals surface area contributed by atoms with Crippen molar-refractivity contribution >= 4 is 39.0 Å². The van der Waals surface area contributed by atoms with E-state index >= 15 is 0 Å². The van der Waals surface area contributed by atoms with Crippen LogP contribution in [-0.4, -0.2) is 73.4 Å². The number of fused-ring (bicyclic) bond motifs is 1. The number of thiazole rings is 1. The van der Waals surface area contributed by atoms with Crippen LogP contribution in [0.3, 0.4) is 0 Å². The minimum Gasteiger partial charge on any atom is -0.490 e. The van der Waals surface area contributed by atoms with E-state index in [-0.39, 0.29) is 6.03 Å². The predicted molar refractivity (Wildman–Crippen MR) is 117 cm³/mol. The number of carbonyl (C=O) groups excluding carboxylic acids is 1. The summed E-state index contributed by atoms with van der Waals surface area (Å²) in [6.45, 7) is 5.99. The molecule has 2 aromatic heterocycles. The molecular weight excluding hydrogens is 402 g/mol. The number of aromatic nitrogens is 2. The molecule has 156 valence electrons. The van der Waals surface area contributed by atoms with Crippen LogP contribution in [0.5, 0.6) is 5.75 Å². The Morgan fingerprint density at radius 3 is 2.87 bits per heavy atom. The van der Waals surface area contributed by atoms with Gasteiger partial charge in [0.1, 0.15) is 18.0 Å². The lowest BCUT2D eigenvalue weighted by atomic mass is 10.3. The summed E-state index contributed by atoms with van der Waals surface area (Å²) in [5.74, 6) is 0.686. The number of ether oxygens (including phenoxy) is 2. The van der Waals surface area contributed by atoms with Gasteiger partial charge in [0.2, 0.25) is 0 Å². The van der Waals surface area contributed by atoms with E-state index in [9.17, 15) is 4.79 Å². The number of hydrogen-bond donors (Lipinski definition) is 0. The molecule has 3 aromatic rings. The maximum absolute atomic E-state index is 13.2. The maximum Gasteiger partial charge on any atom is 0.329 e. The number of urea groups is 1. The van der Waals surface area contributed by atoms with E-state index in [1.165, 1.54) is 0 Å². The number of amides is 2. The second kappa shape index (κ2) is 8.55. The molecule has 1 aromatic carbocycles. The van der Waals surface area contributed by atoms with E-state index in [0.29, 0.717) is 31.1 Å². The number of pyridine rings is 1. The SMILES string of the molecule is O=C1N(c2ccc3ncsc3c2)CCN1c1cnccc1OCCN1CCOCC1. The normalized spacial score (nSPS) is 17.8. The van der Waals surface area contributed by atoms with Gasteiger partial charge in [-0.1, -0.05) is 0 Å².